The fourth-order valence-electron chi connectivity index (χ4n) is 6.47. The zero-order chi connectivity index (χ0) is 34.4. The van der Waals surface area contributed by atoms with Gasteiger partial charge in [-0.3, -0.25) is 0 Å². The number of benzene rings is 8. The second kappa shape index (κ2) is 9.44. The Hall–Kier alpha value is -5.66. The van der Waals surface area contributed by atoms with Crippen LogP contribution < -0.4 is 0 Å². The van der Waals surface area contributed by atoms with Crippen molar-refractivity contribution >= 4 is 54.3 Å². The lowest BCUT2D eigenvalue weighted by molar-refractivity contribution is 0.669. The summed E-state index contributed by atoms with van der Waals surface area (Å²) in [5.74, 6) is 0. The van der Waals surface area contributed by atoms with Crippen LogP contribution in [0.15, 0.2) is 162 Å². The molecule has 0 saturated carbocycles. The Bertz CT molecular complexity index is 2840. The van der Waals surface area contributed by atoms with Crippen LogP contribution in [0, 0.1) is 0 Å². The normalized spacial score (nSPS) is 14.0. The van der Waals surface area contributed by atoms with E-state index in [1.165, 1.54) is 0 Å². The average Bonchev–Trinajstić information content (AvgIpc) is 3.52. The third-order valence-corrected chi connectivity index (χ3v) is 8.36. The first-order chi connectivity index (χ1) is 24.2. The number of hydrogen-bond acceptors (Lipinski definition) is 1. The van der Waals surface area contributed by atoms with Crippen LogP contribution in [0.4, 0.5) is 0 Å². The van der Waals surface area contributed by atoms with E-state index in [1.54, 1.807) is 0 Å². The van der Waals surface area contributed by atoms with E-state index in [9.17, 15) is 0 Å². The van der Waals surface area contributed by atoms with Crippen molar-refractivity contribution in [2.75, 3.05) is 0 Å². The summed E-state index contributed by atoms with van der Waals surface area (Å²) >= 11 is 0. The highest BCUT2D eigenvalue weighted by molar-refractivity contribution is 6.23. The average molecular weight is 554 g/mol. The van der Waals surface area contributed by atoms with Gasteiger partial charge in [-0.1, -0.05) is 133 Å². The van der Waals surface area contributed by atoms with Crippen LogP contribution in [0.25, 0.3) is 87.6 Å². The predicted molar refractivity (Wildman–Crippen MR) is 183 cm³/mol. The van der Waals surface area contributed by atoms with E-state index >= 15 is 0 Å². The summed E-state index contributed by atoms with van der Waals surface area (Å²) in [7, 11) is 0. The summed E-state index contributed by atoms with van der Waals surface area (Å²) in [4.78, 5) is 0. The van der Waals surface area contributed by atoms with Crippen LogP contribution in [0.1, 0.15) is 9.60 Å². The molecule has 0 spiro atoms. The van der Waals surface area contributed by atoms with Crippen molar-refractivity contribution in [2.24, 2.45) is 0 Å². The fraction of sp³-hybridized carbons (Fsp3) is 0. The van der Waals surface area contributed by atoms with Gasteiger partial charge in [-0.15, -0.1) is 0 Å². The van der Waals surface area contributed by atoms with Crippen molar-refractivity contribution in [3.63, 3.8) is 0 Å². The summed E-state index contributed by atoms with van der Waals surface area (Å²) in [5, 5.41) is 5.47. The standard InChI is InChI=1S/C42H26O/c1-2-15-31-27(11-1)12-10-21-33(31)42-36-19-5-3-17-34(36)41(35-18-4-6-20-37(35)42)30-14-9-13-28(25-30)29-23-24-40-38(26-29)32-16-7-8-22-39(32)43-40/h1-26H/i1D,2D,10D,11D,12D,15D,21D. The summed E-state index contributed by atoms with van der Waals surface area (Å²) in [6, 6.07) is 35.7. The molecule has 9 rings (SSSR count). The number of para-hydroxylation sites is 1. The van der Waals surface area contributed by atoms with E-state index in [-0.39, 0.29) is 46.5 Å². The highest BCUT2D eigenvalue weighted by Gasteiger charge is 2.18. The Morgan fingerprint density at radius 2 is 1.00 bits per heavy atom. The molecule has 8 aromatic carbocycles. The highest BCUT2D eigenvalue weighted by atomic mass is 16.3. The minimum absolute atomic E-state index is 0.0562. The molecule has 0 amide bonds. The van der Waals surface area contributed by atoms with Gasteiger partial charge in [0.2, 0.25) is 0 Å². The molecule has 0 radical (unpaired) electrons. The Balaban J connectivity index is 1.35. The summed E-state index contributed by atoms with van der Waals surface area (Å²) in [6.07, 6.45) is 0. The molecule has 0 saturated heterocycles. The van der Waals surface area contributed by atoms with Crippen LogP contribution in [0.3, 0.4) is 0 Å². The Kier molecular flexibility index (Phi) is 3.95. The maximum atomic E-state index is 9.17. The van der Waals surface area contributed by atoms with E-state index in [0.29, 0.717) is 5.56 Å². The van der Waals surface area contributed by atoms with Crippen molar-refractivity contribution in [3.05, 3.63) is 158 Å². The van der Waals surface area contributed by atoms with E-state index in [0.717, 1.165) is 65.7 Å². The van der Waals surface area contributed by atoms with Crippen molar-refractivity contribution in [3.8, 4) is 33.4 Å². The molecule has 43 heavy (non-hydrogen) atoms. The number of furan rings is 1. The van der Waals surface area contributed by atoms with Crippen molar-refractivity contribution < 1.29 is 14.0 Å². The monoisotopic (exact) mass is 553 g/mol. The number of fused-ring (bicyclic) bond motifs is 6. The van der Waals surface area contributed by atoms with Gasteiger partial charge in [-0.25, -0.2) is 0 Å². The topological polar surface area (TPSA) is 13.1 Å². The lowest BCUT2D eigenvalue weighted by Gasteiger charge is -2.19. The van der Waals surface area contributed by atoms with Crippen molar-refractivity contribution in [1.82, 2.24) is 0 Å². The molecule has 200 valence electrons. The number of rotatable bonds is 3. The van der Waals surface area contributed by atoms with E-state index in [4.69, 9.17) is 14.0 Å². The maximum absolute atomic E-state index is 9.17. The molecule has 0 aliphatic rings. The minimum atomic E-state index is -0.468. The quantitative estimate of drug-likeness (QED) is 0.198. The van der Waals surface area contributed by atoms with Crippen LogP contribution in [0.2, 0.25) is 0 Å². The molecule has 0 N–H and O–H groups in total. The first kappa shape index (κ1) is 18.0. The largest absolute Gasteiger partial charge is 0.456 e. The third-order valence-electron chi connectivity index (χ3n) is 8.36. The van der Waals surface area contributed by atoms with Crippen molar-refractivity contribution in [1.29, 1.82) is 0 Å². The van der Waals surface area contributed by atoms with Gasteiger partial charge in [0.25, 0.3) is 0 Å². The lowest BCUT2D eigenvalue weighted by Crippen LogP contribution is -1.92. The predicted octanol–water partition coefficient (Wildman–Crippen LogP) is 12.0. The van der Waals surface area contributed by atoms with Crippen LogP contribution >= 0.6 is 0 Å². The van der Waals surface area contributed by atoms with E-state index < -0.39 is 12.1 Å². The van der Waals surface area contributed by atoms with Gasteiger partial charge >= 0.3 is 0 Å². The molecule has 0 unspecified atom stereocenters. The molecule has 0 aliphatic heterocycles. The molecule has 0 bridgehead atoms. The first-order valence-electron chi connectivity index (χ1n) is 17.7. The van der Waals surface area contributed by atoms with Gasteiger partial charge in [-0.05, 0) is 90.0 Å². The smallest absolute Gasteiger partial charge is 0.135 e. The van der Waals surface area contributed by atoms with Gasteiger partial charge in [-0.2, -0.15) is 0 Å². The summed E-state index contributed by atoms with van der Waals surface area (Å²) in [5.41, 5.74) is 6.56. The molecular weight excluding hydrogens is 520 g/mol. The van der Waals surface area contributed by atoms with Gasteiger partial charge in [0.1, 0.15) is 11.2 Å². The Labute approximate surface area is 259 Å². The molecule has 1 heterocycles. The second-order valence-electron chi connectivity index (χ2n) is 10.7. The van der Waals surface area contributed by atoms with Gasteiger partial charge < -0.3 is 4.42 Å². The lowest BCUT2D eigenvalue weighted by atomic mass is 9.84. The summed E-state index contributed by atoms with van der Waals surface area (Å²) < 4.78 is 67.1. The van der Waals surface area contributed by atoms with E-state index in [1.807, 2.05) is 78.9 Å². The van der Waals surface area contributed by atoms with Crippen LogP contribution in [-0.4, -0.2) is 0 Å². The van der Waals surface area contributed by atoms with Gasteiger partial charge in [0.15, 0.2) is 0 Å². The summed E-state index contributed by atoms with van der Waals surface area (Å²) in [6.45, 7) is 0. The Morgan fingerprint density at radius 3 is 1.79 bits per heavy atom. The molecule has 1 heteroatoms. The van der Waals surface area contributed by atoms with Gasteiger partial charge in [0, 0.05) is 10.8 Å². The second-order valence-corrected chi connectivity index (χ2v) is 10.7. The molecule has 0 aliphatic carbocycles. The first-order valence-corrected chi connectivity index (χ1v) is 14.2. The van der Waals surface area contributed by atoms with Crippen molar-refractivity contribution in [2.45, 2.75) is 0 Å². The molecule has 0 atom stereocenters. The minimum Gasteiger partial charge on any atom is -0.456 e. The molecule has 0 fully saturated rings. The molecule has 1 aromatic heterocycles. The zero-order valence-electron chi connectivity index (χ0n) is 29.9. The highest BCUT2D eigenvalue weighted by Crippen LogP contribution is 2.45. The fourth-order valence-corrected chi connectivity index (χ4v) is 6.47. The SMILES string of the molecule is [2H]c1c([2H])c([2H])c2c(-c3c4ccccc4c(-c4cccc(-c5ccc6oc7ccccc7c6c5)c4)c4ccccc34)c([2H])c([2H])c([2H])c2c1[2H]. The zero-order valence-corrected chi connectivity index (χ0v) is 22.9. The van der Waals surface area contributed by atoms with E-state index in [2.05, 4.69) is 36.4 Å². The van der Waals surface area contributed by atoms with Crippen LogP contribution in [0.5, 0.6) is 0 Å². The third kappa shape index (κ3) is 3.72. The van der Waals surface area contributed by atoms with Gasteiger partial charge in [0.05, 0.1) is 9.60 Å². The Morgan fingerprint density at radius 1 is 0.395 bits per heavy atom. The number of hydrogen-bond donors (Lipinski definition) is 0. The molecule has 9 aromatic rings. The van der Waals surface area contributed by atoms with Crippen LogP contribution in [-0.2, 0) is 0 Å². The molecular formula is C42H26O. The molecule has 1 nitrogen and oxygen atoms in total. The maximum Gasteiger partial charge on any atom is 0.135 e.